The van der Waals surface area contributed by atoms with E-state index in [0.717, 1.165) is 38.4 Å². The number of carbonyl (C=O) groups is 1. The van der Waals surface area contributed by atoms with Crippen LogP contribution < -0.4 is 10.6 Å². The van der Waals surface area contributed by atoms with Gasteiger partial charge >= 0.3 is 0 Å². The first-order chi connectivity index (χ1) is 11.9. The fourth-order valence-corrected chi connectivity index (χ4v) is 3.69. The lowest BCUT2D eigenvalue weighted by Gasteiger charge is -2.18. The van der Waals surface area contributed by atoms with E-state index in [2.05, 4.69) is 15.6 Å². The van der Waals surface area contributed by atoms with Crippen LogP contribution in [0.25, 0.3) is 0 Å². The number of hydrogen-bond acceptors (Lipinski definition) is 4. The standard InChI is InChI=1S/C16H33N5O3S/c1-4-17-16(18-10-7-13-20-12-6-9-15(20)22)19-11-8-14-21(5-2)25(3,23)24/h4-14H2,1-3H3,(H2,17,18,19). The van der Waals surface area contributed by atoms with Crippen molar-refractivity contribution in [3.05, 3.63) is 0 Å². The van der Waals surface area contributed by atoms with Gasteiger partial charge in [-0.25, -0.2) is 12.7 Å². The molecule has 0 aromatic carbocycles. The third kappa shape index (κ3) is 8.53. The smallest absolute Gasteiger partial charge is 0.222 e. The molecule has 0 unspecified atom stereocenters. The molecule has 0 spiro atoms. The Balaban J connectivity index is 2.29. The summed E-state index contributed by atoms with van der Waals surface area (Å²) >= 11 is 0. The molecule has 1 aliphatic rings. The van der Waals surface area contributed by atoms with E-state index >= 15 is 0 Å². The minimum Gasteiger partial charge on any atom is -0.357 e. The first-order valence-electron chi connectivity index (χ1n) is 9.13. The molecule has 9 heteroatoms. The third-order valence-electron chi connectivity index (χ3n) is 4.07. The predicted octanol–water partition coefficient (Wildman–Crippen LogP) is 0.226. The monoisotopic (exact) mass is 375 g/mol. The van der Waals surface area contributed by atoms with Gasteiger partial charge in [0.2, 0.25) is 15.9 Å². The summed E-state index contributed by atoms with van der Waals surface area (Å²) in [6.07, 6.45) is 4.44. The second kappa shape index (κ2) is 11.3. The van der Waals surface area contributed by atoms with E-state index < -0.39 is 10.0 Å². The Morgan fingerprint density at radius 2 is 2.04 bits per heavy atom. The van der Waals surface area contributed by atoms with Crippen molar-refractivity contribution in [3.63, 3.8) is 0 Å². The Hall–Kier alpha value is -1.35. The summed E-state index contributed by atoms with van der Waals surface area (Å²) in [6.45, 7) is 8.54. The number of amides is 1. The molecule has 1 fully saturated rings. The highest BCUT2D eigenvalue weighted by molar-refractivity contribution is 7.88. The Morgan fingerprint density at radius 1 is 1.28 bits per heavy atom. The van der Waals surface area contributed by atoms with Crippen molar-refractivity contribution in [1.82, 2.24) is 19.8 Å². The molecule has 8 nitrogen and oxygen atoms in total. The van der Waals surface area contributed by atoms with Crippen molar-refractivity contribution in [1.29, 1.82) is 0 Å². The molecule has 146 valence electrons. The number of hydrogen-bond donors (Lipinski definition) is 2. The van der Waals surface area contributed by atoms with Crippen LogP contribution in [0.3, 0.4) is 0 Å². The van der Waals surface area contributed by atoms with Gasteiger partial charge in [0, 0.05) is 52.2 Å². The Morgan fingerprint density at radius 3 is 2.60 bits per heavy atom. The topological polar surface area (TPSA) is 94.1 Å². The molecule has 0 radical (unpaired) electrons. The largest absolute Gasteiger partial charge is 0.357 e. The summed E-state index contributed by atoms with van der Waals surface area (Å²) in [7, 11) is -3.13. The van der Waals surface area contributed by atoms with Crippen molar-refractivity contribution in [3.8, 4) is 0 Å². The SMILES string of the molecule is CCNC(=NCCCN1CCCC1=O)NCCCN(CC)S(C)(=O)=O. The zero-order valence-corrected chi connectivity index (χ0v) is 16.6. The first kappa shape index (κ1) is 21.7. The van der Waals surface area contributed by atoms with Gasteiger partial charge in [-0.3, -0.25) is 9.79 Å². The lowest BCUT2D eigenvalue weighted by atomic mass is 10.4. The number of nitrogens with zero attached hydrogens (tertiary/aromatic N) is 3. The maximum absolute atomic E-state index is 11.5. The molecule has 2 N–H and O–H groups in total. The van der Waals surface area contributed by atoms with E-state index in [4.69, 9.17) is 0 Å². The lowest BCUT2D eigenvalue weighted by Crippen LogP contribution is -2.39. The van der Waals surface area contributed by atoms with E-state index in [1.54, 1.807) is 0 Å². The Labute approximate surface area is 152 Å². The molecule has 1 rings (SSSR count). The molecule has 1 amide bonds. The summed E-state index contributed by atoms with van der Waals surface area (Å²) in [5.74, 6) is 0.984. The number of guanidine groups is 1. The Bertz CT molecular complexity index is 536. The van der Waals surface area contributed by atoms with Crippen LogP contribution in [0, 0.1) is 0 Å². The van der Waals surface area contributed by atoms with Crippen molar-refractivity contribution < 1.29 is 13.2 Å². The van der Waals surface area contributed by atoms with Gasteiger partial charge in [0.15, 0.2) is 5.96 Å². The van der Waals surface area contributed by atoms with Crippen molar-refractivity contribution >= 4 is 21.9 Å². The van der Waals surface area contributed by atoms with E-state index in [9.17, 15) is 13.2 Å². The van der Waals surface area contributed by atoms with Crippen LogP contribution in [0.1, 0.15) is 39.5 Å². The number of likely N-dealkylation sites (tertiary alicyclic amines) is 1. The predicted molar refractivity (Wildman–Crippen MR) is 101 cm³/mol. The summed E-state index contributed by atoms with van der Waals surface area (Å²) < 4.78 is 24.5. The molecule has 0 bridgehead atoms. The molecule has 1 saturated heterocycles. The van der Waals surface area contributed by atoms with Crippen molar-refractivity contribution in [2.24, 2.45) is 4.99 Å². The molecule has 25 heavy (non-hydrogen) atoms. The van der Waals surface area contributed by atoms with Crippen LogP contribution in [-0.2, 0) is 14.8 Å². The number of sulfonamides is 1. The molecule has 0 aromatic rings. The van der Waals surface area contributed by atoms with Crippen LogP contribution in [0.5, 0.6) is 0 Å². The van der Waals surface area contributed by atoms with Crippen molar-refractivity contribution in [2.45, 2.75) is 39.5 Å². The second-order valence-corrected chi connectivity index (χ2v) is 8.12. The third-order valence-corrected chi connectivity index (χ3v) is 5.45. The molecular formula is C16H33N5O3S. The van der Waals surface area contributed by atoms with E-state index in [1.807, 2.05) is 18.7 Å². The molecule has 0 saturated carbocycles. The fraction of sp³-hybridized carbons (Fsp3) is 0.875. The first-order valence-corrected chi connectivity index (χ1v) is 11.0. The lowest BCUT2D eigenvalue weighted by molar-refractivity contribution is -0.127. The van der Waals surface area contributed by atoms with Gasteiger partial charge in [-0.1, -0.05) is 6.92 Å². The molecule has 1 heterocycles. The molecule has 1 aliphatic heterocycles. The van der Waals surface area contributed by atoms with E-state index in [0.29, 0.717) is 39.0 Å². The molecule has 0 aromatic heterocycles. The van der Waals surface area contributed by atoms with Gasteiger partial charge in [-0.2, -0.15) is 0 Å². The average molecular weight is 376 g/mol. The van der Waals surface area contributed by atoms with Crippen LogP contribution in [0.15, 0.2) is 4.99 Å². The van der Waals surface area contributed by atoms with Crippen molar-refractivity contribution in [2.75, 3.05) is 52.1 Å². The molecule has 0 atom stereocenters. The molecular weight excluding hydrogens is 342 g/mol. The van der Waals surface area contributed by atoms with Crippen LogP contribution >= 0.6 is 0 Å². The fourth-order valence-electron chi connectivity index (χ4n) is 2.76. The van der Waals surface area contributed by atoms with E-state index in [-0.39, 0.29) is 5.91 Å². The van der Waals surface area contributed by atoms with Gasteiger partial charge in [-0.15, -0.1) is 0 Å². The number of carbonyl (C=O) groups excluding carboxylic acids is 1. The zero-order valence-electron chi connectivity index (χ0n) is 15.8. The quantitative estimate of drug-likeness (QED) is 0.306. The highest BCUT2D eigenvalue weighted by Crippen LogP contribution is 2.09. The van der Waals surface area contributed by atoms with Crippen LogP contribution in [-0.4, -0.2) is 81.6 Å². The second-order valence-electron chi connectivity index (χ2n) is 6.13. The van der Waals surface area contributed by atoms with E-state index in [1.165, 1.54) is 10.6 Å². The van der Waals surface area contributed by atoms with Gasteiger partial charge in [0.05, 0.1) is 6.26 Å². The number of rotatable bonds is 11. The average Bonchev–Trinajstić information content (AvgIpc) is 2.95. The number of nitrogens with one attached hydrogen (secondary N) is 2. The summed E-state index contributed by atoms with van der Waals surface area (Å²) in [5, 5.41) is 6.40. The van der Waals surface area contributed by atoms with Gasteiger partial charge < -0.3 is 15.5 Å². The maximum atomic E-state index is 11.5. The van der Waals surface area contributed by atoms with Gasteiger partial charge in [0.25, 0.3) is 0 Å². The van der Waals surface area contributed by atoms with Gasteiger partial charge in [-0.05, 0) is 26.2 Å². The normalized spacial score (nSPS) is 15.9. The van der Waals surface area contributed by atoms with Gasteiger partial charge in [0.1, 0.15) is 0 Å². The minimum absolute atomic E-state index is 0.250. The summed E-state index contributed by atoms with van der Waals surface area (Å²) in [5.41, 5.74) is 0. The van der Waals surface area contributed by atoms with Crippen LogP contribution in [0.2, 0.25) is 0 Å². The minimum atomic E-state index is -3.13. The molecule has 0 aliphatic carbocycles. The number of aliphatic imine (C=N–C) groups is 1. The highest BCUT2D eigenvalue weighted by Gasteiger charge is 2.18. The summed E-state index contributed by atoms with van der Waals surface area (Å²) in [6, 6.07) is 0. The Kier molecular flexibility index (Phi) is 9.81. The summed E-state index contributed by atoms with van der Waals surface area (Å²) in [4.78, 5) is 18.0. The van der Waals surface area contributed by atoms with Crippen LogP contribution in [0.4, 0.5) is 0 Å². The maximum Gasteiger partial charge on any atom is 0.222 e. The highest BCUT2D eigenvalue weighted by atomic mass is 32.2. The zero-order chi connectivity index (χ0) is 18.7.